The van der Waals surface area contributed by atoms with Crippen LogP contribution in [0.3, 0.4) is 0 Å². The smallest absolute Gasteiger partial charge is 0.270 e. The molecular formula is C7H14N4O3S3. The molecule has 98 valence electrons. The van der Waals surface area contributed by atoms with E-state index >= 15 is 0 Å². The van der Waals surface area contributed by atoms with Crippen LogP contribution in [0.1, 0.15) is 13.3 Å². The molecule has 0 aliphatic heterocycles. The summed E-state index contributed by atoms with van der Waals surface area (Å²) in [6.07, 6.45) is 2.07. The van der Waals surface area contributed by atoms with Gasteiger partial charge in [0.25, 0.3) is 10.0 Å². The van der Waals surface area contributed by atoms with Crippen LogP contribution in [0.5, 0.6) is 0 Å². The molecule has 17 heavy (non-hydrogen) atoms. The van der Waals surface area contributed by atoms with Crippen molar-refractivity contribution in [2.24, 2.45) is 0 Å². The van der Waals surface area contributed by atoms with E-state index in [1.807, 2.05) is 0 Å². The molecule has 0 aliphatic carbocycles. The van der Waals surface area contributed by atoms with E-state index in [1.54, 1.807) is 13.2 Å². The van der Waals surface area contributed by atoms with Crippen LogP contribution in [-0.2, 0) is 20.8 Å². The van der Waals surface area contributed by atoms with Crippen molar-refractivity contribution in [2.75, 3.05) is 17.7 Å². The van der Waals surface area contributed by atoms with Crippen LogP contribution >= 0.6 is 11.3 Å². The fraction of sp³-hybridized carbons (Fsp3) is 0.714. The number of hydrogen-bond acceptors (Lipinski definition) is 7. The van der Waals surface area contributed by atoms with Gasteiger partial charge in [-0.1, -0.05) is 11.3 Å². The average Bonchev–Trinajstić information content (AvgIpc) is 2.62. The molecule has 0 saturated carbocycles. The molecule has 1 aromatic rings. The number of nitrogens with zero attached hydrogens (tertiary/aromatic N) is 2. The highest BCUT2D eigenvalue weighted by Gasteiger charge is 2.21. The topological polar surface area (TPSA) is 115 Å². The third-order valence-corrected chi connectivity index (χ3v) is 5.37. The molecule has 1 heterocycles. The van der Waals surface area contributed by atoms with Gasteiger partial charge in [-0.15, -0.1) is 10.2 Å². The molecule has 0 radical (unpaired) electrons. The van der Waals surface area contributed by atoms with Gasteiger partial charge in [0.15, 0.2) is 0 Å². The third-order valence-electron chi connectivity index (χ3n) is 1.85. The number of aromatic nitrogens is 2. The van der Waals surface area contributed by atoms with Crippen molar-refractivity contribution in [3.8, 4) is 0 Å². The van der Waals surface area contributed by atoms with Gasteiger partial charge in [0.1, 0.15) is 0 Å². The second-order valence-corrected chi connectivity index (χ2v) is 7.95. The number of hydrogen-bond donors (Lipinski definition) is 2. The van der Waals surface area contributed by atoms with Gasteiger partial charge in [0.05, 0.1) is 0 Å². The van der Waals surface area contributed by atoms with Crippen LogP contribution in [0.25, 0.3) is 0 Å². The van der Waals surface area contributed by atoms with Crippen LogP contribution in [0.2, 0.25) is 0 Å². The lowest BCUT2D eigenvalue weighted by Crippen LogP contribution is -2.33. The molecule has 0 saturated heterocycles. The van der Waals surface area contributed by atoms with E-state index in [4.69, 9.17) is 5.73 Å². The maximum absolute atomic E-state index is 11.8. The van der Waals surface area contributed by atoms with E-state index in [-0.39, 0.29) is 15.5 Å². The molecule has 0 aliphatic rings. The van der Waals surface area contributed by atoms with Gasteiger partial charge >= 0.3 is 0 Å². The molecular weight excluding hydrogens is 284 g/mol. The predicted octanol–water partition coefficient (Wildman–Crippen LogP) is -0.444. The highest BCUT2D eigenvalue weighted by molar-refractivity contribution is 7.91. The molecule has 7 nitrogen and oxygen atoms in total. The first-order valence-electron chi connectivity index (χ1n) is 4.72. The first-order valence-corrected chi connectivity index (χ1v) is 8.75. The summed E-state index contributed by atoms with van der Waals surface area (Å²) in [6.45, 7) is 1.70. The third kappa shape index (κ3) is 4.66. The van der Waals surface area contributed by atoms with Gasteiger partial charge in [-0.2, -0.15) is 0 Å². The molecule has 0 amide bonds. The maximum atomic E-state index is 11.8. The minimum absolute atomic E-state index is 0.104. The van der Waals surface area contributed by atoms with Crippen molar-refractivity contribution in [2.45, 2.75) is 23.7 Å². The van der Waals surface area contributed by atoms with E-state index in [9.17, 15) is 12.6 Å². The van der Waals surface area contributed by atoms with Crippen LogP contribution < -0.4 is 10.5 Å². The van der Waals surface area contributed by atoms with Crippen LogP contribution in [-0.4, -0.2) is 40.9 Å². The van der Waals surface area contributed by atoms with E-state index in [0.717, 1.165) is 11.3 Å². The maximum Gasteiger partial charge on any atom is 0.270 e. The number of nitrogens with one attached hydrogen (secondary N) is 1. The Kier molecular flexibility index (Phi) is 4.98. The SMILES string of the molecule is CC(CCS(C)=O)NS(=O)(=O)c1nnc(N)s1. The predicted molar refractivity (Wildman–Crippen MR) is 67.7 cm³/mol. The van der Waals surface area contributed by atoms with E-state index < -0.39 is 20.8 Å². The minimum atomic E-state index is -3.67. The van der Waals surface area contributed by atoms with Crippen LogP contribution in [0, 0.1) is 0 Å². The first-order chi connectivity index (χ1) is 7.81. The molecule has 0 spiro atoms. The summed E-state index contributed by atoms with van der Waals surface area (Å²) in [5, 5.41) is 7.02. The van der Waals surface area contributed by atoms with Gasteiger partial charge in [0, 0.05) is 28.9 Å². The Bertz CT molecular complexity index is 498. The zero-order valence-corrected chi connectivity index (χ0v) is 11.9. The van der Waals surface area contributed by atoms with Crippen molar-refractivity contribution in [3.05, 3.63) is 0 Å². The van der Waals surface area contributed by atoms with Gasteiger partial charge in [0.2, 0.25) is 9.47 Å². The van der Waals surface area contributed by atoms with Gasteiger partial charge in [-0.3, -0.25) is 4.21 Å². The molecule has 10 heteroatoms. The van der Waals surface area contributed by atoms with Crippen LogP contribution in [0.4, 0.5) is 5.13 Å². The standard InChI is InChI=1S/C7H14N4O3S3/c1-5(3-4-16(2)12)11-17(13,14)7-10-9-6(8)15-7/h5,11H,3-4H2,1-2H3,(H2,8,9). The fourth-order valence-corrected chi connectivity index (χ4v) is 3.81. The Morgan fingerprint density at radius 2 is 2.18 bits per heavy atom. The van der Waals surface area contributed by atoms with Crippen molar-refractivity contribution in [1.82, 2.24) is 14.9 Å². The van der Waals surface area contributed by atoms with Gasteiger partial charge in [-0.05, 0) is 13.3 Å². The Balaban J connectivity index is 2.64. The highest BCUT2D eigenvalue weighted by atomic mass is 32.2. The number of rotatable bonds is 6. The first kappa shape index (κ1) is 14.5. The van der Waals surface area contributed by atoms with E-state index in [1.165, 1.54) is 0 Å². The summed E-state index contributed by atoms with van der Waals surface area (Å²) in [7, 11) is -4.61. The Morgan fingerprint density at radius 1 is 1.53 bits per heavy atom. The minimum Gasteiger partial charge on any atom is -0.374 e. The largest absolute Gasteiger partial charge is 0.374 e. The van der Waals surface area contributed by atoms with Crippen molar-refractivity contribution >= 4 is 37.3 Å². The average molecular weight is 298 g/mol. The number of nitrogen functional groups attached to an aromatic ring is 1. The molecule has 1 rings (SSSR count). The normalized spacial score (nSPS) is 15.6. The Hall–Kier alpha value is -0.580. The molecule has 1 aromatic heterocycles. The Morgan fingerprint density at radius 3 is 2.65 bits per heavy atom. The zero-order chi connectivity index (χ0) is 13.1. The summed E-state index contributed by atoms with van der Waals surface area (Å²) < 4.78 is 36.7. The van der Waals surface area contributed by atoms with Crippen LogP contribution in [0.15, 0.2) is 4.34 Å². The molecule has 0 bridgehead atoms. The summed E-state index contributed by atoms with van der Waals surface area (Å²) in [4.78, 5) is 0. The summed E-state index contributed by atoms with van der Waals surface area (Å²) in [5.41, 5.74) is 5.32. The second kappa shape index (κ2) is 5.85. The lowest BCUT2D eigenvalue weighted by molar-refractivity contribution is 0.554. The van der Waals surface area contributed by atoms with Crippen molar-refractivity contribution < 1.29 is 12.6 Å². The van der Waals surface area contributed by atoms with Crippen molar-refractivity contribution in [3.63, 3.8) is 0 Å². The quantitative estimate of drug-likeness (QED) is 0.735. The lowest BCUT2D eigenvalue weighted by atomic mass is 10.3. The number of anilines is 1. The summed E-state index contributed by atoms with van der Waals surface area (Å²) in [6, 6.07) is -0.311. The van der Waals surface area contributed by atoms with Gasteiger partial charge < -0.3 is 5.73 Å². The summed E-state index contributed by atoms with van der Waals surface area (Å²) in [5.74, 6) is 0.446. The molecule has 2 unspecified atom stereocenters. The molecule has 2 atom stereocenters. The molecule has 0 fully saturated rings. The summed E-state index contributed by atoms with van der Waals surface area (Å²) >= 11 is 0.806. The Labute approximate surface area is 106 Å². The molecule has 3 N–H and O–H groups in total. The number of nitrogens with two attached hydrogens (primary N) is 1. The van der Waals surface area contributed by atoms with E-state index in [2.05, 4.69) is 14.9 Å². The highest BCUT2D eigenvalue weighted by Crippen LogP contribution is 2.17. The fourth-order valence-electron chi connectivity index (χ4n) is 1.05. The van der Waals surface area contributed by atoms with Gasteiger partial charge in [-0.25, -0.2) is 13.1 Å². The van der Waals surface area contributed by atoms with E-state index in [0.29, 0.717) is 12.2 Å². The molecule has 0 aromatic carbocycles. The second-order valence-electron chi connectivity index (χ2n) is 3.49. The van der Waals surface area contributed by atoms with Crippen molar-refractivity contribution in [1.29, 1.82) is 0 Å². The zero-order valence-electron chi connectivity index (χ0n) is 9.41. The number of sulfonamides is 1. The monoisotopic (exact) mass is 298 g/mol. The lowest BCUT2D eigenvalue weighted by Gasteiger charge is -2.11.